The SMILES string of the molecule is O=C1C=CC[C@@H]2[C@@H]3CCCN4CCC[C@@H](CN12)[C@@H]34. The molecule has 0 aliphatic carbocycles. The minimum Gasteiger partial charge on any atom is -0.335 e. The van der Waals surface area contributed by atoms with Crippen LogP contribution in [-0.2, 0) is 4.79 Å². The summed E-state index contributed by atoms with van der Waals surface area (Å²) >= 11 is 0. The molecule has 3 fully saturated rings. The highest BCUT2D eigenvalue weighted by atomic mass is 16.2. The molecular weight excluding hydrogens is 224 g/mol. The average Bonchev–Trinajstić information content (AvgIpc) is 2.41. The molecular formula is C15H22N2O. The third kappa shape index (κ3) is 1.49. The van der Waals surface area contributed by atoms with Gasteiger partial charge in [-0.3, -0.25) is 9.69 Å². The molecule has 0 aromatic heterocycles. The molecule has 0 bridgehead atoms. The monoisotopic (exact) mass is 246 g/mol. The van der Waals surface area contributed by atoms with E-state index >= 15 is 0 Å². The molecule has 3 nitrogen and oxygen atoms in total. The van der Waals surface area contributed by atoms with E-state index in [4.69, 9.17) is 0 Å². The minimum atomic E-state index is 0.271. The summed E-state index contributed by atoms with van der Waals surface area (Å²) in [6.07, 6.45) is 10.3. The number of carbonyl (C=O) groups is 1. The lowest BCUT2D eigenvalue weighted by Gasteiger charge is -2.57. The first-order chi connectivity index (χ1) is 8.84. The molecule has 1 amide bonds. The van der Waals surface area contributed by atoms with Gasteiger partial charge in [0.15, 0.2) is 0 Å². The maximum absolute atomic E-state index is 12.1. The lowest BCUT2D eigenvalue weighted by molar-refractivity contribution is -0.141. The standard InChI is InChI=1S/C15H22N2O/c18-14-7-1-6-13-12-5-3-9-16-8-2-4-11(15(12)16)10-17(13)14/h1,7,11-13,15H,2-6,8-10H2/t11-,12-,13+,15-/m0/s1. The van der Waals surface area contributed by atoms with E-state index in [-0.39, 0.29) is 5.91 Å². The molecule has 0 N–H and O–H groups in total. The van der Waals surface area contributed by atoms with Crippen LogP contribution in [0.1, 0.15) is 32.1 Å². The molecule has 3 saturated heterocycles. The van der Waals surface area contributed by atoms with Crippen LogP contribution in [-0.4, -0.2) is 47.4 Å². The Morgan fingerprint density at radius 1 is 1.17 bits per heavy atom. The van der Waals surface area contributed by atoms with Crippen LogP contribution in [0.4, 0.5) is 0 Å². The van der Waals surface area contributed by atoms with Gasteiger partial charge >= 0.3 is 0 Å². The van der Waals surface area contributed by atoms with E-state index in [1.165, 1.54) is 38.8 Å². The fourth-order valence-electron chi connectivity index (χ4n) is 4.95. The van der Waals surface area contributed by atoms with Crippen molar-refractivity contribution in [3.63, 3.8) is 0 Å². The minimum absolute atomic E-state index is 0.271. The summed E-state index contributed by atoms with van der Waals surface area (Å²) in [6.45, 7) is 3.62. The van der Waals surface area contributed by atoms with Crippen molar-refractivity contribution in [2.75, 3.05) is 19.6 Å². The Labute approximate surface area is 109 Å². The van der Waals surface area contributed by atoms with Crippen molar-refractivity contribution in [1.29, 1.82) is 0 Å². The number of nitrogens with zero attached hydrogens (tertiary/aromatic N) is 2. The van der Waals surface area contributed by atoms with Crippen LogP contribution in [0.2, 0.25) is 0 Å². The quantitative estimate of drug-likeness (QED) is 0.649. The van der Waals surface area contributed by atoms with Gasteiger partial charge in [-0.15, -0.1) is 0 Å². The Morgan fingerprint density at radius 2 is 2.00 bits per heavy atom. The molecule has 0 unspecified atom stereocenters. The molecule has 18 heavy (non-hydrogen) atoms. The number of piperidine rings is 3. The van der Waals surface area contributed by atoms with Crippen LogP contribution in [0.25, 0.3) is 0 Å². The molecule has 0 aromatic carbocycles. The molecule has 0 spiro atoms. The normalized spacial score (nSPS) is 43.6. The van der Waals surface area contributed by atoms with Gasteiger partial charge in [-0.25, -0.2) is 0 Å². The van der Waals surface area contributed by atoms with Crippen LogP contribution in [0.5, 0.6) is 0 Å². The Morgan fingerprint density at radius 3 is 2.89 bits per heavy atom. The summed E-state index contributed by atoms with van der Waals surface area (Å²) in [5.74, 6) is 1.76. The van der Waals surface area contributed by atoms with Crippen molar-refractivity contribution in [2.45, 2.75) is 44.2 Å². The van der Waals surface area contributed by atoms with E-state index in [2.05, 4.69) is 15.9 Å². The van der Waals surface area contributed by atoms with E-state index < -0.39 is 0 Å². The third-order valence-electron chi connectivity index (χ3n) is 5.59. The summed E-state index contributed by atoms with van der Waals surface area (Å²) in [5.41, 5.74) is 0. The van der Waals surface area contributed by atoms with Crippen LogP contribution < -0.4 is 0 Å². The molecule has 0 radical (unpaired) electrons. The maximum atomic E-state index is 12.1. The highest BCUT2D eigenvalue weighted by molar-refractivity contribution is 5.88. The number of amides is 1. The summed E-state index contributed by atoms with van der Waals surface area (Å²) in [7, 11) is 0. The van der Waals surface area contributed by atoms with Gasteiger partial charge < -0.3 is 4.90 Å². The number of hydrogen-bond donors (Lipinski definition) is 0. The first kappa shape index (κ1) is 11.0. The third-order valence-corrected chi connectivity index (χ3v) is 5.59. The zero-order chi connectivity index (χ0) is 12.1. The molecule has 4 aliphatic heterocycles. The van der Waals surface area contributed by atoms with Crippen LogP contribution in [0.3, 0.4) is 0 Å². The summed E-state index contributed by atoms with van der Waals surface area (Å²) < 4.78 is 0. The van der Waals surface area contributed by atoms with Crippen molar-refractivity contribution in [1.82, 2.24) is 9.80 Å². The maximum Gasteiger partial charge on any atom is 0.246 e. The summed E-state index contributed by atoms with van der Waals surface area (Å²) in [5, 5.41) is 0. The molecule has 0 saturated carbocycles. The Hall–Kier alpha value is -0.830. The molecule has 98 valence electrons. The van der Waals surface area contributed by atoms with Crippen LogP contribution in [0, 0.1) is 11.8 Å². The van der Waals surface area contributed by atoms with E-state index in [1.807, 2.05) is 0 Å². The van der Waals surface area contributed by atoms with E-state index in [1.54, 1.807) is 6.08 Å². The lowest BCUT2D eigenvalue weighted by atomic mass is 9.68. The predicted molar refractivity (Wildman–Crippen MR) is 70.1 cm³/mol. The summed E-state index contributed by atoms with van der Waals surface area (Å²) in [4.78, 5) is 17.0. The highest BCUT2D eigenvalue weighted by Crippen LogP contribution is 2.43. The smallest absolute Gasteiger partial charge is 0.246 e. The van der Waals surface area contributed by atoms with Crippen molar-refractivity contribution in [3.8, 4) is 0 Å². The van der Waals surface area contributed by atoms with Gasteiger partial charge in [0.2, 0.25) is 5.91 Å². The van der Waals surface area contributed by atoms with Gasteiger partial charge in [0.25, 0.3) is 0 Å². The van der Waals surface area contributed by atoms with Gasteiger partial charge in [0, 0.05) is 18.6 Å². The van der Waals surface area contributed by atoms with Crippen molar-refractivity contribution < 1.29 is 4.79 Å². The molecule has 4 atom stereocenters. The second-order valence-electron chi connectivity index (χ2n) is 6.43. The zero-order valence-corrected chi connectivity index (χ0v) is 10.9. The Kier molecular flexibility index (Phi) is 2.51. The molecule has 0 aromatic rings. The van der Waals surface area contributed by atoms with Gasteiger partial charge in [-0.1, -0.05) is 6.08 Å². The lowest BCUT2D eigenvalue weighted by Crippen LogP contribution is -2.65. The molecule has 4 aliphatic rings. The highest BCUT2D eigenvalue weighted by Gasteiger charge is 2.49. The zero-order valence-electron chi connectivity index (χ0n) is 10.9. The predicted octanol–water partition coefficient (Wildman–Crippen LogP) is 1.65. The van der Waals surface area contributed by atoms with Crippen LogP contribution in [0.15, 0.2) is 12.2 Å². The first-order valence-electron chi connectivity index (χ1n) is 7.56. The number of fused-ring (bicyclic) bond motifs is 2. The van der Waals surface area contributed by atoms with E-state index in [0.29, 0.717) is 6.04 Å². The summed E-state index contributed by atoms with van der Waals surface area (Å²) in [6, 6.07) is 1.29. The number of rotatable bonds is 0. The largest absolute Gasteiger partial charge is 0.335 e. The van der Waals surface area contributed by atoms with Gasteiger partial charge in [-0.05, 0) is 63.1 Å². The Bertz CT molecular complexity index is 390. The molecule has 4 rings (SSSR count). The average molecular weight is 246 g/mol. The van der Waals surface area contributed by atoms with Crippen LogP contribution >= 0.6 is 0 Å². The number of hydrogen-bond acceptors (Lipinski definition) is 2. The second-order valence-corrected chi connectivity index (χ2v) is 6.43. The fraction of sp³-hybridized carbons (Fsp3) is 0.800. The van der Waals surface area contributed by atoms with E-state index in [9.17, 15) is 4.79 Å². The topological polar surface area (TPSA) is 23.6 Å². The fourth-order valence-corrected chi connectivity index (χ4v) is 4.95. The van der Waals surface area contributed by atoms with Gasteiger partial charge in [0.1, 0.15) is 0 Å². The molecule has 3 heteroatoms. The van der Waals surface area contributed by atoms with E-state index in [0.717, 1.165) is 30.8 Å². The molecule has 4 heterocycles. The van der Waals surface area contributed by atoms with Crippen molar-refractivity contribution in [2.24, 2.45) is 11.8 Å². The Balaban J connectivity index is 1.68. The van der Waals surface area contributed by atoms with Crippen molar-refractivity contribution >= 4 is 5.91 Å². The van der Waals surface area contributed by atoms with Crippen molar-refractivity contribution in [3.05, 3.63) is 12.2 Å². The van der Waals surface area contributed by atoms with Gasteiger partial charge in [-0.2, -0.15) is 0 Å². The number of carbonyl (C=O) groups excluding carboxylic acids is 1. The second kappa shape index (κ2) is 4.09. The first-order valence-corrected chi connectivity index (χ1v) is 7.56. The van der Waals surface area contributed by atoms with Gasteiger partial charge in [0.05, 0.1) is 0 Å².